The van der Waals surface area contributed by atoms with Gasteiger partial charge in [0.25, 0.3) is 0 Å². The number of hydrogen-bond acceptors (Lipinski definition) is 5. The van der Waals surface area contributed by atoms with E-state index >= 15 is 0 Å². The molecule has 0 saturated carbocycles. The van der Waals surface area contributed by atoms with Crippen LogP contribution < -0.4 is 9.47 Å². The van der Waals surface area contributed by atoms with Crippen LogP contribution in [0.3, 0.4) is 0 Å². The highest BCUT2D eigenvalue weighted by Crippen LogP contribution is 2.35. The number of fused-ring (bicyclic) bond motifs is 1. The molecule has 0 aliphatic carbocycles. The number of benzene rings is 2. The van der Waals surface area contributed by atoms with Gasteiger partial charge in [-0.15, -0.1) is 0 Å². The highest BCUT2D eigenvalue weighted by atomic mass is 35.5. The Morgan fingerprint density at radius 1 is 1.07 bits per heavy atom. The minimum absolute atomic E-state index is 0.169. The summed E-state index contributed by atoms with van der Waals surface area (Å²) in [5.41, 5.74) is 1.34. The number of Topliss-reactive ketones (excluding diaryl/α,β-unsaturated/α-hetero) is 1. The minimum Gasteiger partial charge on any atom is -0.452 e. The molecule has 5 nitrogen and oxygen atoms in total. The van der Waals surface area contributed by atoms with E-state index in [-0.39, 0.29) is 17.3 Å². The summed E-state index contributed by atoms with van der Waals surface area (Å²) < 4.78 is 11.0. The van der Waals surface area contributed by atoms with E-state index in [1.807, 2.05) is 6.07 Å². The van der Waals surface area contributed by atoms with Gasteiger partial charge in [0.15, 0.2) is 5.76 Å². The monoisotopic (exact) mass is 377 g/mol. The predicted octanol–water partition coefficient (Wildman–Crippen LogP) is 4.57. The molecule has 0 N–H and O–H groups in total. The number of carbonyl (C=O) groups excluding carboxylic acids is 2. The zero-order valence-electron chi connectivity index (χ0n) is 13.9. The van der Waals surface area contributed by atoms with E-state index in [1.165, 1.54) is 12.1 Å². The Labute approximate surface area is 159 Å². The number of ketones is 1. The summed E-state index contributed by atoms with van der Waals surface area (Å²) in [5.74, 6) is -0.0272. The summed E-state index contributed by atoms with van der Waals surface area (Å²) in [7, 11) is 0. The van der Waals surface area contributed by atoms with Crippen molar-refractivity contribution in [3.63, 3.8) is 0 Å². The molecule has 0 spiro atoms. The van der Waals surface area contributed by atoms with Gasteiger partial charge in [-0.05, 0) is 42.5 Å². The van der Waals surface area contributed by atoms with Crippen molar-refractivity contribution in [1.82, 2.24) is 4.98 Å². The third kappa shape index (κ3) is 3.59. The lowest BCUT2D eigenvalue weighted by Crippen LogP contribution is -2.08. The fourth-order valence-corrected chi connectivity index (χ4v) is 2.80. The minimum atomic E-state index is -0.550. The molecule has 132 valence electrons. The number of nitrogens with zero attached hydrogens (tertiary/aromatic N) is 1. The Balaban J connectivity index is 1.56. The molecule has 2 aromatic carbocycles. The summed E-state index contributed by atoms with van der Waals surface area (Å²) in [6, 6.07) is 16.5. The van der Waals surface area contributed by atoms with Gasteiger partial charge < -0.3 is 9.47 Å². The Bertz CT molecular complexity index is 1080. The number of ether oxygens (including phenoxy) is 2. The Kier molecular flexibility index (Phi) is 4.44. The quantitative estimate of drug-likeness (QED) is 0.380. The Morgan fingerprint density at radius 2 is 1.96 bits per heavy atom. The number of pyridine rings is 1. The smallest absolute Gasteiger partial charge is 0.343 e. The molecule has 27 heavy (non-hydrogen) atoms. The van der Waals surface area contributed by atoms with Crippen LogP contribution in [0.4, 0.5) is 0 Å². The molecule has 6 heteroatoms. The number of rotatable bonds is 3. The maximum absolute atomic E-state index is 12.5. The predicted molar refractivity (Wildman–Crippen MR) is 100 cm³/mol. The Morgan fingerprint density at radius 3 is 2.74 bits per heavy atom. The molecule has 0 radical (unpaired) electrons. The lowest BCUT2D eigenvalue weighted by Gasteiger charge is -2.06. The van der Waals surface area contributed by atoms with Gasteiger partial charge in [0.2, 0.25) is 5.78 Å². The van der Waals surface area contributed by atoms with Crippen LogP contribution in [0.25, 0.3) is 6.08 Å². The van der Waals surface area contributed by atoms with Crippen molar-refractivity contribution < 1.29 is 19.1 Å². The van der Waals surface area contributed by atoms with Crippen molar-refractivity contribution in [2.45, 2.75) is 0 Å². The number of allylic oxidation sites excluding steroid dienone is 1. The van der Waals surface area contributed by atoms with Crippen LogP contribution in [0.2, 0.25) is 5.02 Å². The van der Waals surface area contributed by atoms with E-state index in [1.54, 1.807) is 54.7 Å². The first-order chi connectivity index (χ1) is 13.1. The van der Waals surface area contributed by atoms with Crippen LogP contribution in [-0.2, 0) is 0 Å². The third-order valence-corrected chi connectivity index (χ3v) is 4.11. The largest absolute Gasteiger partial charge is 0.452 e. The molecular formula is C21H12ClNO4. The second kappa shape index (κ2) is 7.05. The van der Waals surface area contributed by atoms with E-state index in [9.17, 15) is 9.59 Å². The molecule has 3 aromatic rings. The standard InChI is InChI=1S/C21H12ClNO4/c22-14-5-3-4-13(10-14)21(25)26-16-7-8-17-18(12-16)27-19(20(17)24)11-15-6-1-2-9-23-15/h1-12H/b19-11-. The first-order valence-electron chi connectivity index (χ1n) is 8.07. The summed E-state index contributed by atoms with van der Waals surface area (Å²) in [6.07, 6.45) is 3.20. The summed E-state index contributed by atoms with van der Waals surface area (Å²) in [5, 5.41) is 0.441. The van der Waals surface area contributed by atoms with Gasteiger partial charge in [-0.2, -0.15) is 0 Å². The van der Waals surface area contributed by atoms with Gasteiger partial charge >= 0.3 is 5.97 Å². The van der Waals surface area contributed by atoms with Gasteiger partial charge in [-0.25, -0.2) is 4.79 Å². The molecule has 1 aliphatic rings. The van der Waals surface area contributed by atoms with Crippen LogP contribution in [0.5, 0.6) is 11.5 Å². The van der Waals surface area contributed by atoms with E-state index in [4.69, 9.17) is 21.1 Å². The molecule has 0 unspecified atom stereocenters. The maximum atomic E-state index is 12.5. The van der Waals surface area contributed by atoms with E-state index in [0.717, 1.165) is 0 Å². The summed E-state index contributed by atoms with van der Waals surface area (Å²) in [6.45, 7) is 0. The van der Waals surface area contributed by atoms with Crippen molar-refractivity contribution in [3.05, 3.63) is 94.5 Å². The SMILES string of the molecule is O=C(Oc1ccc2c(c1)O/C(=C\c1ccccn1)C2=O)c1cccc(Cl)c1. The van der Waals surface area contributed by atoms with Crippen LogP contribution in [0.1, 0.15) is 26.4 Å². The molecular weight excluding hydrogens is 366 g/mol. The first-order valence-corrected chi connectivity index (χ1v) is 8.45. The van der Waals surface area contributed by atoms with Gasteiger partial charge in [-0.3, -0.25) is 9.78 Å². The number of halogens is 1. The zero-order chi connectivity index (χ0) is 18.8. The van der Waals surface area contributed by atoms with E-state index in [0.29, 0.717) is 27.6 Å². The number of hydrogen-bond donors (Lipinski definition) is 0. The summed E-state index contributed by atoms with van der Waals surface area (Å²) in [4.78, 5) is 28.8. The molecule has 1 aromatic heterocycles. The topological polar surface area (TPSA) is 65.5 Å². The molecule has 0 bridgehead atoms. The molecule has 4 rings (SSSR count). The van der Waals surface area contributed by atoms with E-state index < -0.39 is 5.97 Å². The lowest BCUT2D eigenvalue weighted by molar-refractivity contribution is 0.0734. The zero-order valence-corrected chi connectivity index (χ0v) is 14.6. The second-order valence-electron chi connectivity index (χ2n) is 5.75. The van der Waals surface area contributed by atoms with Gasteiger partial charge in [0.1, 0.15) is 11.5 Å². The molecule has 1 aliphatic heterocycles. The van der Waals surface area contributed by atoms with Crippen molar-refractivity contribution >= 4 is 29.4 Å². The van der Waals surface area contributed by atoms with Crippen LogP contribution in [0.15, 0.2) is 72.6 Å². The number of carbonyl (C=O) groups is 2. The van der Waals surface area contributed by atoms with Gasteiger partial charge in [0, 0.05) is 23.4 Å². The van der Waals surface area contributed by atoms with Crippen LogP contribution in [-0.4, -0.2) is 16.7 Å². The van der Waals surface area contributed by atoms with Gasteiger partial charge in [0.05, 0.1) is 16.8 Å². The fourth-order valence-electron chi connectivity index (χ4n) is 2.61. The molecule has 0 saturated heterocycles. The average Bonchev–Trinajstić information content (AvgIpc) is 2.97. The fraction of sp³-hybridized carbons (Fsp3) is 0. The average molecular weight is 378 g/mol. The van der Waals surface area contributed by atoms with Crippen LogP contribution in [0, 0.1) is 0 Å². The normalized spacial score (nSPS) is 14.0. The molecule has 0 atom stereocenters. The lowest BCUT2D eigenvalue weighted by atomic mass is 10.1. The first kappa shape index (κ1) is 17.0. The molecule has 2 heterocycles. The molecule has 0 amide bonds. The van der Waals surface area contributed by atoms with E-state index in [2.05, 4.69) is 4.98 Å². The van der Waals surface area contributed by atoms with Crippen molar-refractivity contribution in [3.8, 4) is 11.5 Å². The number of esters is 1. The Hall–Kier alpha value is -3.44. The highest BCUT2D eigenvalue weighted by Gasteiger charge is 2.28. The summed E-state index contributed by atoms with van der Waals surface area (Å²) >= 11 is 5.89. The van der Waals surface area contributed by atoms with Crippen molar-refractivity contribution in [1.29, 1.82) is 0 Å². The third-order valence-electron chi connectivity index (χ3n) is 3.88. The highest BCUT2D eigenvalue weighted by molar-refractivity contribution is 6.30. The molecule has 0 fully saturated rings. The van der Waals surface area contributed by atoms with Gasteiger partial charge in [-0.1, -0.05) is 23.7 Å². The van der Waals surface area contributed by atoms with Crippen LogP contribution >= 0.6 is 11.6 Å². The number of aromatic nitrogens is 1. The van der Waals surface area contributed by atoms with Crippen molar-refractivity contribution in [2.75, 3.05) is 0 Å². The second-order valence-corrected chi connectivity index (χ2v) is 6.19. The maximum Gasteiger partial charge on any atom is 0.343 e. The van der Waals surface area contributed by atoms with Crippen molar-refractivity contribution in [2.24, 2.45) is 0 Å².